The number of fused-ring (bicyclic) bond motifs is 3. The fourth-order valence-electron chi connectivity index (χ4n) is 4.34. The Bertz CT molecular complexity index is 1350. The van der Waals surface area contributed by atoms with Crippen molar-refractivity contribution in [2.75, 3.05) is 7.11 Å². The van der Waals surface area contributed by atoms with Crippen LogP contribution in [0.3, 0.4) is 0 Å². The Hall–Kier alpha value is -3.35. The third-order valence-electron chi connectivity index (χ3n) is 6.22. The van der Waals surface area contributed by atoms with Gasteiger partial charge in [0.15, 0.2) is 0 Å². The molecule has 168 valence electrons. The zero-order chi connectivity index (χ0) is 22.8. The van der Waals surface area contributed by atoms with Crippen LogP contribution < -0.4 is 16.0 Å². The highest BCUT2D eigenvalue weighted by molar-refractivity contribution is 6.04. The minimum absolute atomic E-state index is 0.191. The molecule has 3 aromatic rings. The number of hydrogen-bond donors (Lipinski definition) is 2. The summed E-state index contributed by atoms with van der Waals surface area (Å²) in [5.74, 6) is 1.25. The van der Waals surface area contributed by atoms with E-state index in [0.717, 1.165) is 41.3 Å². The first-order valence-electron chi connectivity index (χ1n) is 11.1. The van der Waals surface area contributed by atoms with Gasteiger partial charge >= 0.3 is 11.2 Å². The topological polar surface area (TPSA) is 92.2 Å². The van der Waals surface area contributed by atoms with E-state index in [4.69, 9.17) is 4.74 Å². The number of H-pyrrole nitrogens is 2. The lowest BCUT2D eigenvalue weighted by molar-refractivity contribution is 0.415. The number of allylic oxidation sites excluding steroid dienone is 4. The monoisotopic (exact) mass is 434 g/mol. The van der Waals surface area contributed by atoms with Crippen molar-refractivity contribution in [3.8, 4) is 5.75 Å². The van der Waals surface area contributed by atoms with Gasteiger partial charge in [-0.2, -0.15) is 5.10 Å². The Morgan fingerprint density at radius 2 is 2.06 bits per heavy atom. The molecule has 0 unspecified atom stereocenters. The van der Waals surface area contributed by atoms with Crippen LogP contribution >= 0.6 is 0 Å². The predicted molar refractivity (Wildman–Crippen MR) is 130 cm³/mol. The lowest BCUT2D eigenvalue weighted by atomic mass is 9.80. The Labute approximate surface area is 186 Å². The van der Waals surface area contributed by atoms with Crippen LogP contribution in [0.15, 0.2) is 56.2 Å². The molecule has 2 N–H and O–H groups in total. The summed E-state index contributed by atoms with van der Waals surface area (Å²) in [6, 6.07) is 5.42. The van der Waals surface area contributed by atoms with Crippen LogP contribution in [0.1, 0.15) is 46.5 Å². The van der Waals surface area contributed by atoms with E-state index in [1.54, 1.807) is 25.5 Å². The number of nitrogens with one attached hydrogen (secondary N) is 2. The minimum atomic E-state index is -0.552. The molecular formula is C25H30N4O3. The van der Waals surface area contributed by atoms with Gasteiger partial charge in [0.1, 0.15) is 11.3 Å². The molecule has 1 aliphatic rings. The van der Waals surface area contributed by atoms with Gasteiger partial charge in [-0.25, -0.2) is 4.79 Å². The van der Waals surface area contributed by atoms with Crippen LogP contribution in [0, 0.1) is 11.8 Å². The molecule has 0 saturated carbocycles. The summed E-state index contributed by atoms with van der Waals surface area (Å²) in [7, 11) is 1.58. The number of benzene rings is 1. The quantitative estimate of drug-likeness (QED) is 0.434. The molecule has 1 aromatic carbocycles. The fraction of sp³-hybridized carbons (Fsp3) is 0.400. The van der Waals surface area contributed by atoms with E-state index < -0.39 is 11.2 Å². The molecule has 4 rings (SSSR count). The molecule has 7 nitrogen and oxygen atoms in total. The molecule has 7 heteroatoms. The van der Waals surface area contributed by atoms with Crippen molar-refractivity contribution in [3.05, 3.63) is 62.3 Å². The molecule has 0 fully saturated rings. The van der Waals surface area contributed by atoms with E-state index in [9.17, 15) is 9.59 Å². The Morgan fingerprint density at radius 3 is 2.78 bits per heavy atom. The maximum atomic E-state index is 13.0. The number of ether oxygens (including phenoxy) is 1. The van der Waals surface area contributed by atoms with Crippen LogP contribution in [0.5, 0.6) is 5.75 Å². The van der Waals surface area contributed by atoms with Crippen LogP contribution in [-0.4, -0.2) is 28.0 Å². The average molecular weight is 435 g/mol. The zero-order valence-corrected chi connectivity index (χ0v) is 19.1. The molecule has 0 spiro atoms. The number of aromatic amines is 2. The summed E-state index contributed by atoms with van der Waals surface area (Å²) in [6.07, 6.45) is 10.4. The third-order valence-corrected chi connectivity index (χ3v) is 6.22. The van der Waals surface area contributed by atoms with Gasteiger partial charge in [0.2, 0.25) is 0 Å². The fourth-order valence-corrected chi connectivity index (χ4v) is 4.34. The second-order valence-electron chi connectivity index (χ2n) is 8.86. The van der Waals surface area contributed by atoms with Gasteiger partial charge in [0.05, 0.1) is 12.6 Å². The molecule has 0 bridgehead atoms. The molecule has 0 aliphatic heterocycles. The molecule has 2 aromatic heterocycles. The van der Waals surface area contributed by atoms with Gasteiger partial charge in [-0.05, 0) is 63.6 Å². The number of methoxy groups -OCH3 is 1. The van der Waals surface area contributed by atoms with Gasteiger partial charge in [-0.3, -0.25) is 4.79 Å². The van der Waals surface area contributed by atoms with E-state index in [1.165, 1.54) is 11.1 Å². The van der Waals surface area contributed by atoms with Crippen LogP contribution in [0.2, 0.25) is 0 Å². The van der Waals surface area contributed by atoms with Crippen molar-refractivity contribution < 1.29 is 4.74 Å². The smallest absolute Gasteiger partial charge is 0.350 e. The van der Waals surface area contributed by atoms with Crippen LogP contribution in [0.25, 0.3) is 21.9 Å². The predicted octanol–water partition coefficient (Wildman–Crippen LogP) is 4.73. The first-order chi connectivity index (χ1) is 15.4. The highest BCUT2D eigenvalue weighted by atomic mass is 16.5. The summed E-state index contributed by atoms with van der Waals surface area (Å²) >= 11 is 0. The second-order valence-corrected chi connectivity index (χ2v) is 8.86. The van der Waals surface area contributed by atoms with Crippen LogP contribution in [0.4, 0.5) is 0 Å². The van der Waals surface area contributed by atoms with Crippen molar-refractivity contribution in [2.45, 2.75) is 46.5 Å². The summed E-state index contributed by atoms with van der Waals surface area (Å²) in [6.45, 7) is 6.45. The highest BCUT2D eigenvalue weighted by Crippen LogP contribution is 2.31. The Kier molecular flexibility index (Phi) is 6.17. The highest BCUT2D eigenvalue weighted by Gasteiger charge is 2.21. The molecule has 0 radical (unpaired) electrons. The van der Waals surface area contributed by atoms with E-state index in [-0.39, 0.29) is 5.92 Å². The molecule has 0 saturated heterocycles. The van der Waals surface area contributed by atoms with Crippen molar-refractivity contribution in [1.82, 2.24) is 14.6 Å². The van der Waals surface area contributed by atoms with Crippen molar-refractivity contribution in [3.63, 3.8) is 0 Å². The standard InChI is InChI=1S/C25H30N4O3/c1-15(2)6-5-7-17-8-9-18(16(3)12-17)14-26-29-24(30)23-22(28-25(29)31)20-13-19(32-4)10-11-21(20)27-23/h6,8,10-11,13-14,16,18,27H,5,7,9,12H2,1-4H3,(H,28,31)/b26-14+/t16-,18-/m1/s1. The number of aromatic nitrogens is 3. The summed E-state index contributed by atoms with van der Waals surface area (Å²) in [5, 5.41) is 5.03. The van der Waals surface area contributed by atoms with Gasteiger partial charge < -0.3 is 14.7 Å². The molecule has 2 atom stereocenters. The largest absolute Gasteiger partial charge is 0.497 e. The van der Waals surface area contributed by atoms with E-state index >= 15 is 0 Å². The first-order valence-corrected chi connectivity index (χ1v) is 11.1. The summed E-state index contributed by atoms with van der Waals surface area (Å²) in [5.41, 5.74) is 3.35. The lowest BCUT2D eigenvalue weighted by Crippen LogP contribution is -2.32. The van der Waals surface area contributed by atoms with Crippen molar-refractivity contribution in [2.24, 2.45) is 16.9 Å². The Morgan fingerprint density at radius 1 is 1.25 bits per heavy atom. The third kappa shape index (κ3) is 4.33. The normalized spacial score (nSPS) is 18.9. The zero-order valence-electron chi connectivity index (χ0n) is 19.1. The van der Waals surface area contributed by atoms with Gasteiger partial charge in [-0.15, -0.1) is 4.68 Å². The maximum Gasteiger partial charge on any atom is 0.350 e. The van der Waals surface area contributed by atoms with E-state index in [2.05, 4.69) is 48.0 Å². The Balaban J connectivity index is 1.60. The average Bonchev–Trinajstić information content (AvgIpc) is 3.12. The van der Waals surface area contributed by atoms with Gasteiger partial charge in [-0.1, -0.05) is 30.2 Å². The molecule has 32 heavy (non-hydrogen) atoms. The minimum Gasteiger partial charge on any atom is -0.497 e. The van der Waals surface area contributed by atoms with Crippen molar-refractivity contribution >= 4 is 28.2 Å². The molecule has 1 aliphatic carbocycles. The second kappa shape index (κ2) is 9.02. The van der Waals surface area contributed by atoms with E-state index in [0.29, 0.717) is 22.7 Å². The number of hydrogen-bond acceptors (Lipinski definition) is 4. The maximum absolute atomic E-state index is 13.0. The van der Waals surface area contributed by atoms with Gasteiger partial charge in [0.25, 0.3) is 0 Å². The molecule has 2 heterocycles. The lowest BCUT2D eigenvalue weighted by Gasteiger charge is -2.25. The summed E-state index contributed by atoms with van der Waals surface area (Å²) in [4.78, 5) is 31.6. The van der Waals surface area contributed by atoms with Crippen LogP contribution in [-0.2, 0) is 0 Å². The number of nitrogens with zero attached hydrogens (tertiary/aromatic N) is 2. The first kappa shape index (κ1) is 21.9. The van der Waals surface area contributed by atoms with Gasteiger partial charge in [0, 0.05) is 23.0 Å². The van der Waals surface area contributed by atoms with Crippen molar-refractivity contribution in [1.29, 1.82) is 0 Å². The van der Waals surface area contributed by atoms with E-state index in [1.807, 2.05) is 6.07 Å². The number of rotatable bonds is 6. The summed E-state index contributed by atoms with van der Waals surface area (Å²) < 4.78 is 6.17. The molecule has 0 amide bonds. The SMILES string of the molecule is COc1ccc2[nH]c3c(=O)n(/N=C/[C@H]4CC=C(CCC=C(C)C)C[C@H]4C)c(=O)[nH]c3c2c1. The molecular weight excluding hydrogens is 404 g/mol.